The van der Waals surface area contributed by atoms with Gasteiger partial charge in [-0.3, -0.25) is 4.72 Å². The molecule has 0 fully saturated rings. The summed E-state index contributed by atoms with van der Waals surface area (Å²) in [6.07, 6.45) is 4.27. The van der Waals surface area contributed by atoms with Crippen molar-refractivity contribution in [2.75, 3.05) is 4.72 Å². The van der Waals surface area contributed by atoms with Gasteiger partial charge in [-0.2, -0.15) is 0 Å². The van der Waals surface area contributed by atoms with E-state index in [2.05, 4.69) is 11.6 Å². The minimum Gasteiger partial charge on any atom is -0.478 e. The predicted molar refractivity (Wildman–Crippen MR) is 123 cm³/mol. The summed E-state index contributed by atoms with van der Waals surface area (Å²) in [5.41, 5.74) is 3.59. The van der Waals surface area contributed by atoms with Crippen molar-refractivity contribution in [2.45, 2.75) is 43.9 Å². The summed E-state index contributed by atoms with van der Waals surface area (Å²) in [6.45, 7) is 2.13. The maximum absolute atomic E-state index is 12.8. The molecule has 0 atom stereocenters. The first-order chi connectivity index (χ1) is 14.9. The first kappa shape index (κ1) is 22.6. The number of aromatic carboxylic acids is 1. The first-order valence-electron chi connectivity index (χ1n) is 10.4. The Labute approximate surface area is 183 Å². The van der Waals surface area contributed by atoms with Crippen LogP contribution in [0, 0.1) is 0 Å². The van der Waals surface area contributed by atoms with Gasteiger partial charge in [0.15, 0.2) is 0 Å². The SMILES string of the molecule is CCCCc1ccc(S(=O)(=O)Nc2cccc(CCc3ccccc3C(=O)O)c2)cc1. The van der Waals surface area contributed by atoms with Crippen molar-refractivity contribution < 1.29 is 18.3 Å². The topological polar surface area (TPSA) is 83.5 Å². The molecule has 162 valence electrons. The minimum absolute atomic E-state index is 0.230. The standard InChI is InChI=1S/C25H27NO4S/c1-2-3-7-19-13-16-23(17-14-19)31(29,30)26-22-10-6-8-20(18-22)12-15-21-9-4-5-11-24(21)25(27)28/h4-6,8-11,13-14,16-18,26H,2-3,7,12,15H2,1H3,(H,27,28). The highest BCUT2D eigenvalue weighted by Crippen LogP contribution is 2.20. The van der Waals surface area contributed by atoms with Crippen LogP contribution in [0.15, 0.2) is 77.7 Å². The van der Waals surface area contributed by atoms with E-state index in [0.29, 0.717) is 24.1 Å². The number of carboxylic acids is 1. The summed E-state index contributed by atoms with van der Waals surface area (Å²) < 4.78 is 28.2. The molecule has 0 bridgehead atoms. The summed E-state index contributed by atoms with van der Waals surface area (Å²) in [5, 5.41) is 9.33. The molecule has 0 aliphatic carbocycles. The molecular weight excluding hydrogens is 410 g/mol. The molecule has 6 heteroatoms. The van der Waals surface area contributed by atoms with Crippen molar-refractivity contribution in [3.63, 3.8) is 0 Å². The van der Waals surface area contributed by atoms with Gasteiger partial charge in [0.25, 0.3) is 10.0 Å². The number of rotatable bonds is 10. The molecule has 3 aromatic carbocycles. The first-order valence-corrected chi connectivity index (χ1v) is 11.9. The average molecular weight is 438 g/mol. The highest BCUT2D eigenvalue weighted by atomic mass is 32.2. The molecule has 3 rings (SSSR count). The Balaban J connectivity index is 1.69. The lowest BCUT2D eigenvalue weighted by Crippen LogP contribution is -2.13. The van der Waals surface area contributed by atoms with Gasteiger partial charge in [0.05, 0.1) is 10.5 Å². The normalized spacial score (nSPS) is 11.3. The average Bonchev–Trinajstić information content (AvgIpc) is 2.76. The van der Waals surface area contributed by atoms with Crippen molar-refractivity contribution >= 4 is 21.7 Å². The van der Waals surface area contributed by atoms with Crippen molar-refractivity contribution in [3.8, 4) is 0 Å². The molecule has 0 unspecified atom stereocenters. The fourth-order valence-electron chi connectivity index (χ4n) is 3.45. The molecule has 5 nitrogen and oxygen atoms in total. The second-order valence-electron chi connectivity index (χ2n) is 7.52. The van der Waals surface area contributed by atoms with Gasteiger partial charge in [-0.25, -0.2) is 13.2 Å². The quantitative estimate of drug-likeness (QED) is 0.450. The van der Waals surface area contributed by atoms with Gasteiger partial charge in [-0.15, -0.1) is 0 Å². The number of anilines is 1. The number of hydrogen-bond donors (Lipinski definition) is 2. The van der Waals surface area contributed by atoms with E-state index in [1.54, 1.807) is 48.5 Å². The Kier molecular flexibility index (Phi) is 7.47. The van der Waals surface area contributed by atoms with E-state index >= 15 is 0 Å². The number of benzene rings is 3. The molecule has 0 spiro atoms. The second-order valence-corrected chi connectivity index (χ2v) is 9.20. The molecule has 3 aromatic rings. The highest BCUT2D eigenvalue weighted by molar-refractivity contribution is 7.92. The Morgan fingerprint density at radius 3 is 2.32 bits per heavy atom. The van der Waals surface area contributed by atoms with E-state index < -0.39 is 16.0 Å². The van der Waals surface area contributed by atoms with E-state index in [4.69, 9.17) is 0 Å². The van der Waals surface area contributed by atoms with Crippen LogP contribution in [0.4, 0.5) is 5.69 Å². The number of sulfonamides is 1. The molecule has 0 aromatic heterocycles. The Morgan fingerprint density at radius 1 is 0.871 bits per heavy atom. The van der Waals surface area contributed by atoms with Gasteiger partial charge in [0, 0.05) is 5.69 Å². The van der Waals surface area contributed by atoms with Gasteiger partial charge >= 0.3 is 5.97 Å². The van der Waals surface area contributed by atoms with Crippen molar-refractivity contribution in [2.24, 2.45) is 0 Å². The highest BCUT2D eigenvalue weighted by Gasteiger charge is 2.14. The fraction of sp³-hybridized carbons (Fsp3) is 0.240. The molecular formula is C25H27NO4S. The molecule has 0 heterocycles. The Hall–Kier alpha value is -3.12. The summed E-state index contributed by atoms with van der Waals surface area (Å²) in [5.74, 6) is -0.946. The number of aryl methyl sites for hydroxylation is 3. The lowest BCUT2D eigenvalue weighted by atomic mass is 10.00. The molecule has 0 aliphatic heterocycles. The second kappa shape index (κ2) is 10.3. The van der Waals surface area contributed by atoms with Crippen molar-refractivity contribution in [1.82, 2.24) is 0 Å². The third-order valence-corrected chi connectivity index (χ3v) is 6.56. The number of carbonyl (C=O) groups is 1. The zero-order valence-corrected chi connectivity index (χ0v) is 18.4. The molecule has 0 aliphatic rings. The van der Waals surface area contributed by atoms with Crippen LogP contribution in [-0.4, -0.2) is 19.5 Å². The van der Waals surface area contributed by atoms with Crippen LogP contribution >= 0.6 is 0 Å². The van der Waals surface area contributed by atoms with E-state index in [1.165, 1.54) is 0 Å². The Morgan fingerprint density at radius 2 is 1.61 bits per heavy atom. The van der Waals surface area contributed by atoms with E-state index in [-0.39, 0.29) is 4.90 Å². The predicted octanol–water partition coefficient (Wildman–Crippen LogP) is 5.31. The van der Waals surface area contributed by atoms with Gasteiger partial charge in [0.2, 0.25) is 0 Å². The van der Waals surface area contributed by atoms with Crippen LogP contribution in [0.25, 0.3) is 0 Å². The van der Waals surface area contributed by atoms with Gasteiger partial charge in [-0.1, -0.05) is 55.8 Å². The van der Waals surface area contributed by atoms with Gasteiger partial charge < -0.3 is 5.11 Å². The van der Waals surface area contributed by atoms with E-state index in [1.807, 2.05) is 24.3 Å². The summed E-state index contributed by atoms with van der Waals surface area (Å²) in [4.78, 5) is 11.6. The van der Waals surface area contributed by atoms with Crippen LogP contribution in [0.1, 0.15) is 46.8 Å². The van der Waals surface area contributed by atoms with Crippen LogP contribution in [0.2, 0.25) is 0 Å². The number of nitrogens with one attached hydrogen (secondary N) is 1. The van der Waals surface area contributed by atoms with E-state index in [0.717, 1.165) is 36.0 Å². The molecule has 0 radical (unpaired) electrons. The molecule has 31 heavy (non-hydrogen) atoms. The largest absolute Gasteiger partial charge is 0.478 e. The minimum atomic E-state index is -3.68. The van der Waals surface area contributed by atoms with Crippen LogP contribution in [0.3, 0.4) is 0 Å². The van der Waals surface area contributed by atoms with Gasteiger partial charge in [0.1, 0.15) is 0 Å². The van der Waals surface area contributed by atoms with Crippen LogP contribution < -0.4 is 4.72 Å². The smallest absolute Gasteiger partial charge is 0.335 e. The molecule has 0 amide bonds. The van der Waals surface area contributed by atoms with E-state index in [9.17, 15) is 18.3 Å². The van der Waals surface area contributed by atoms with Crippen LogP contribution in [-0.2, 0) is 29.3 Å². The third-order valence-electron chi connectivity index (χ3n) is 5.16. The lowest BCUT2D eigenvalue weighted by molar-refractivity contribution is 0.0695. The van der Waals surface area contributed by atoms with Crippen molar-refractivity contribution in [3.05, 3.63) is 95.1 Å². The Bertz CT molecular complexity index is 1140. The zero-order chi connectivity index (χ0) is 22.3. The van der Waals surface area contributed by atoms with Crippen LogP contribution in [0.5, 0.6) is 0 Å². The maximum atomic E-state index is 12.8. The zero-order valence-electron chi connectivity index (χ0n) is 17.5. The summed E-state index contributed by atoms with van der Waals surface area (Å²) >= 11 is 0. The molecule has 2 N–H and O–H groups in total. The third kappa shape index (κ3) is 6.18. The number of carboxylic acid groups (broad SMARTS) is 1. The summed E-state index contributed by atoms with van der Waals surface area (Å²) in [7, 11) is -3.68. The molecule has 0 saturated carbocycles. The van der Waals surface area contributed by atoms with Crippen molar-refractivity contribution in [1.29, 1.82) is 0 Å². The molecule has 0 saturated heterocycles. The number of unbranched alkanes of at least 4 members (excludes halogenated alkanes) is 1. The fourth-order valence-corrected chi connectivity index (χ4v) is 4.50. The maximum Gasteiger partial charge on any atom is 0.335 e. The van der Waals surface area contributed by atoms with Gasteiger partial charge in [-0.05, 0) is 72.7 Å². The summed E-state index contributed by atoms with van der Waals surface area (Å²) in [6, 6.07) is 21.1. The monoisotopic (exact) mass is 437 g/mol. The lowest BCUT2D eigenvalue weighted by Gasteiger charge is -2.11. The number of hydrogen-bond acceptors (Lipinski definition) is 3.